The molecule has 0 spiro atoms. The maximum absolute atomic E-state index is 12.8. The van der Waals surface area contributed by atoms with E-state index in [2.05, 4.69) is 154 Å². The molecule has 0 aromatic rings. The molecule has 0 bridgehead atoms. The number of carbonyl (C=O) groups is 3. The Kier molecular flexibility index (Phi) is 61.4. The van der Waals surface area contributed by atoms with Crippen molar-refractivity contribution in [2.45, 2.75) is 290 Å². The Balaban J connectivity index is 4.28. The van der Waals surface area contributed by atoms with Crippen molar-refractivity contribution in [3.8, 4) is 0 Å². The van der Waals surface area contributed by atoms with E-state index in [4.69, 9.17) is 14.2 Å². The maximum Gasteiger partial charge on any atom is 0.306 e. The number of esters is 3. The molecule has 0 saturated heterocycles. The molecule has 78 heavy (non-hydrogen) atoms. The number of hydrogen-bond donors (Lipinski definition) is 0. The van der Waals surface area contributed by atoms with Gasteiger partial charge in [0.25, 0.3) is 0 Å². The minimum Gasteiger partial charge on any atom is -0.462 e. The van der Waals surface area contributed by atoms with Crippen LogP contribution in [0.2, 0.25) is 0 Å². The topological polar surface area (TPSA) is 78.9 Å². The van der Waals surface area contributed by atoms with Crippen molar-refractivity contribution in [1.29, 1.82) is 0 Å². The molecule has 0 saturated carbocycles. The lowest BCUT2D eigenvalue weighted by Gasteiger charge is -2.18. The molecule has 1 unspecified atom stereocenters. The third-order valence-electron chi connectivity index (χ3n) is 13.4. The highest BCUT2D eigenvalue weighted by Gasteiger charge is 2.19. The normalized spacial score (nSPS) is 13.0. The Morgan fingerprint density at radius 2 is 0.500 bits per heavy atom. The summed E-state index contributed by atoms with van der Waals surface area (Å²) in [7, 11) is 0. The molecule has 6 nitrogen and oxygen atoms in total. The molecular weight excluding hydrogens is 961 g/mol. The van der Waals surface area contributed by atoms with Crippen LogP contribution in [0.15, 0.2) is 134 Å². The molecule has 0 rings (SSSR count). The minimum atomic E-state index is -0.794. The number of rotatable bonds is 57. The van der Waals surface area contributed by atoms with Gasteiger partial charge in [-0.05, 0) is 122 Å². The number of ether oxygens (including phenoxy) is 3. The number of unbranched alkanes of at least 4 members (excludes halogenated alkanes) is 24. The first-order valence-electron chi connectivity index (χ1n) is 32.2. The van der Waals surface area contributed by atoms with E-state index < -0.39 is 6.10 Å². The van der Waals surface area contributed by atoms with Crippen LogP contribution in [0.5, 0.6) is 0 Å². The monoisotopic (exact) mass is 1080 g/mol. The van der Waals surface area contributed by atoms with Crippen LogP contribution in [0, 0.1) is 0 Å². The number of carbonyl (C=O) groups excluding carboxylic acids is 3. The van der Waals surface area contributed by atoms with E-state index in [-0.39, 0.29) is 31.1 Å². The zero-order chi connectivity index (χ0) is 56.4. The largest absolute Gasteiger partial charge is 0.462 e. The van der Waals surface area contributed by atoms with E-state index in [9.17, 15) is 14.4 Å². The molecule has 0 amide bonds. The zero-order valence-corrected chi connectivity index (χ0v) is 50.6. The van der Waals surface area contributed by atoms with Gasteiger partial charge in [0, 0.05) is 19.3 Å². The SMILES string of the molecule is CC/C=C\C/C=C\C/C=C\C/C=C\C/C=C\C/C=C\C/C=C\C/C=C\C/C=C\C/C=C\CCCCCCC(=O)OCC(COC(=O)CCCCCCCCCCCCC)OC(=O)CCCCCCC/C=C\CCCCCCC. The van der Waals surface area contributed by atoms with Crippen LogP contribution in [0.4, 0.5) is 0 Å². The average molecular weight is 1080 g/mol. The van der Waals surface area contributed by atoms with Gasteiger partial charge in [-0.3, -0.25) is 14.4 Å². The third-order valence-corrected chi connectivity index (χ3v) is 13.4. The summed E-state index contributed by atoms with van der Waals surface area (Å²) in [5.41, 5.74) is 0. The van der Waals surface area contributed by atoms with E-state index in [1.807, 2.05) is 0 Å². The van der Waals surface area contributed by atoms with Gasteiger partial charge in [-0.15, -0.1) is 0 Å². The van der Waals surface area contributed by atoms with E-state index >= 15 is 0 Å². The van der Waals surface area contributed by atoms with Gasteiger partial charge in [0.15, 0.2) is 6.10 Å². The van der Waals surface area contributed by atoms with Gasteiger partial charge < -0.3 is 14.2 Å². The standard InChI is InChI=1S/C72H118O6/c1-4-7-10-13-16-19-22-24-26-27-28-29-30-31-32-33-34-35-36-37-38-39-40-41-42-43-44-45-46-48-50-53-56-59-62-65-71(74)77-68-69(67-76-70(73)64-61-58-55-52-49-21-18-15-12-9-6-3)78-72(75)66-63-60-57-54-51-47-25-23-20-17-14-11-8-5-2/h7,10,16,19,23-26,28-29,31-32,34-35,37-38,40-41,43-44,46,48,69H,4-6,8-9,11-15,17-18,20-22,27,30,33,36,39,42,45,47,49-68H2,1-3H3/b10-7-,19-16-,25-23-,26-24-,29-28-,32-31-,35-34-,38-37-,41-40-,44-43-,48-46-. The fourth-order valence-electron chi connectivity index (χ4n) is 8.58. The summed E-state index contributed by atoms with van der Waals surface area (Å²) in [6.07, 6.45) is 91.8. The Labute approximate surface area is 481 Å². The molecule has 0 aliphatic heterocycles. The van der Waals surface area contributed by atoms with Crippen LogP contribution in [-0.4, -0.2) is 37.2 Å². The molecule has 6 heteroatoms. The Morgan fingerprint density at radius 1 is 0.269 bits per heavy atom. The van der Waals surface area contributed by atoms with Gasteiger partial charge >= 0.3 is 17.9 Å². The van der Waals surface area contributed by atoms with E-state index in [0.29, 0.717) is 19.3 Å². The molecule has 0 fully saturated rings. The number of hydrogen-bond acceptors (Lipinski definition) is 6. The van der Waals surface area contributed by atoms with E-state index in [1.54, 1.807) is 0 Å². The summed E-state index contributed by atoms with van der Waals surface area (Å²) >= 11 is 0. The predicted molar refractivity (Wildman–Crippen MR) is 339 cm³/mol. The third kappa shape index (κ3) is 62.4. The first-order chi connectivity index (χ1) is 38.5. The van der Waals surface area contributed by atoms with Crippen molar-refractivity contribution < 1.29 is 28.6 Å². The summed E-state index contributed by atoms with van der Waals surface area (Å²) in [5.74, 6) is -0.924. The molecule has 0 radical (unpaired) electrons. The zero-order valence-electron chi connectivity index (χ0n) is 50.6. The Hall–Kier alpha value is -4.45. The highest BCUT2D eigenvalue weighted by Crippen LogP contribution is 2.15. The molecule has 0 N–H and O–H groups in total. The van der Waals surface area contributed by atoms with Crippen molar-refractivity contribution in [1.82, 2.24) is 0 Å². The highest BCUT2D eigenvalue weighted by atomic mass is 16.6. The second-order valence-corrected chi connectivity index (χ2v) is 20.9. The average Bonchev–Trinajstić information content (AvgIpc) is 3.44. The fourth-order valence-corrected chi connectivity index (χ4v) is 8.58. The summed E-state index contributed by atoms with van der Waals surface area (Å²) in [6.45, 7) is 6.48. The van der Waals surface area contributed by atoms with Crippen LogP contribution < -0.4 is 0 Å². The molecule has 442 valence electrons. The molecule has 1 atom stereocenters. The van der Waals surface area contributed by atoms with Crippen molar-refractivity contribution in [3.63, 3.8) is 0 Å². The fraction of sp³-hybridized carbons (Fsp3) is 0.653. The lowest BCUT2D eigenvalue weighted by Crippen LogP contribution is -2.30. The summed E-state index contributed by atoms with van der Waals surface area (Å²) in [6, 6.07) is 0. The van der Waals surface area contributed by atoms with E-state index in [1.165, 1.54) is 96.3 Å². The van der Waals surface area contributed by atoms with Crippen LogP contribution in [0.1, 0.15) is 284 Å². The summed E-state index contributed by atoms with van der Waals surface area (Å²) < 4.78 is 16.8. The molecular formula is C72H118O6. The minimum absolute atomic E-state index is 0.0897. The van der Waals surface area contributed by atoms with Crippen molar-refractivity contribution in [2.75, 3.05) is 13.2 Å². The lowest BCUT2D eigenvalue weighted by atomic mass is 10.1. The van der Waals surface area contributed by atoms with E-state index in [0.717, 1.165) is 148 Å². The quantitative estimate of drug-likeness (QED) is 0.0261. The van der Waals surface area contributed by atoms with Crippen LogP contribution in [0.25, 0.3) is 0 Å². The summed E-state index contributed by atoms with van der Waals surface area (Å²) in [5, 5.41) is 0. The smallest absolute Gasteiger partial charge is 0.306 e. The summed E-state index contributed by atoms with van der Waals surface area (Å²) in [4.78, 5) is 38.2. The highest BCUT2D eigenvalue weighted by molar-refractivity contribution is 5.71. The van der Waals surface area contributed by atoms with Crippen molar-refractivity contribution in [2.24, 2.45) is 0 Å². The van der Waals surface area contributed by atoms with Crippen LogP contribution in [-0.2, 0) is 28.6 Å². The first-order valence-corrected chi connectivity index (χ1v) is 32.2. The van der Waals surface area contributed by atoms with Gasteiger partial charge in [0.1, 0.15) is 13.2 Å². The molecule has 0 aliphatic rings. The second-order valence-electron chi connectivity index (χ2n) is 20.9. The molecule has 0 aromatic heterocycles. The predicted octanol–water partition coefficient (Wildman–Crippen LogP) is 22.2. The van der Waals surface area contributed by atoms with Gasteiger partial charge in [-0.2, -0.15) is 0 Å². The van der Waals surface area contributed by atoms with Crippen molar-refractivity contribution >= 4 is 17.9 Å². The van der Waals surface area contributed by atoms with Crippen LogP contribution >= 0.6 is 0 Å². The first kappa shape index (κ1) is 73.5. The molecule has 0 aromatic carbocycles. The Morgan fingerprint density at radius 3 is 0.795 bits per heavy atom. The van der Waals surface area contributed by atoms with Gasteiger partial charge in [-0.1, -0.05) is 276 Å². The Bertz CT molecular complexity index is 1670. The number of allylic oxidation sites excluding steroid dienone is 22. The van der Waals surface area contributed by atoms with Gasteiger partial charge in [0.05, 0.1) is 0 Å². The van der Waals surface area contributed by atoms with Gasteiger partial charge in [-0.25, -0.2) is 0 Å². The van der Waals surface area contributed by atoms with Gasteiger partial charge in [0.2, 0.25) is 0 Å². The van der Waals surface area contributed by atoms with Crippen molar-refractivity contribution in [3.05, 3.63) is 134 Å². The van der Waals surface area contributed by atoms with Crippen LogP contribution in [0.3, 0.4) is 0 Å². The maximum atomic E-state index is 12.8. The second kappa shape index (κ2) is 65.1. The molecule has 0 heterocycles. The lowest BCUT2D eigenvalue weighted by molar-refractivity contribution is -0.167. The molecule has 0 aliphatic carbocycles.